The van der Waals surface area contributed by atoms with Crippen molar-refractivity contribution in [3.8, 4) is 0 Å². The van der Waals surface area contributed by atoms with Gasteiger partial charge in [-0.15, -0.1) is 0 Å². The molecule has 0 unspecified atom stereocenters. The number of nitrogens with two attached hydrogens (primary N) is 2. The minimum absolute atomic E-state index is 0.0864. The van der Waals surface area contributed by atoms with Gasteiger partial charge in [-0.3, -0.25) is 0 Å². The molecule has 0 amide bonds. The molecule has 0 fully saturated rings. The van der Waals surface area contributed by atoms with E-state index in [1.807, 2.05) is 11.0 Å². The van der Waals surface area contributed by atoms with E-state index in [0.717, 1.165) is 0 Å². The summed E-state index contributed by atoms with van der Waals surface area (Å²) in [5, 5.41) is 0. The summed E-state index contributed by atoms with van der Waals surface area (Å²) in [4.78, 5) is 2.28. The fourth-order valence-electron chi connectivity index (χ4n) is 1.80. The maximum absolute atomic E-state index is 12.0. The van der Waals surface area contributed by atoms with Gasteiger partial charge in [0.1, 0.15) is 0 Å². The molecule has 102 valence electrons. The maximum Gasteiger partial charge on any atom is 0.180 e. The van der Waals surface area contributed by atoms with E-state index in [4.69, 9.17) is 11.5 Å². The van der Waals surface area contributed by atoms with Gasteiger partial charge in [0.2, 0.25) is 0 Å². The Hall–Kier alpha value is -1.11. The van der Waals surface area contributed by atoms with E-state index in [1.54, 1.807) is 25.1 Å². The molecule has 0 saturated heterocycles. The maximum atomic E-state index is 12.0. The lowest BCUT2D eigenvalue weighted by Gasteiger charge is -2.25. The SMILES string of the molecule is CCS(=O)(=O)c1ccccc1N(CCN)CCN. The van der Waals surface area contributed by atoms with E-state index in [9.17, 15) is 8.42 Å². The highest BCUT2D eigenvalue weighted by Gasteiger charge is 2.19. The van der Waals surface area contributed by atoms with Gasteiger partial charge in [-0.25, -0.2) is 8.42 Å². The minimum Gasteiger partial charge on any atom is -0.368 e. The Morgan fingerprint density at radius 1 is 1.11 bits per heavy atom. The quantitative estimate of drug-likeness (QED) is 0.739. The lowest BCUT2D eigenvalue weighted by molar-refractivity contribution is 0.596. The second-order valence-electron chi connectivity index (χ2n) is 3.94. The summed E-state index contributed by atoms with van der Waals surface area (Å²) in [6.45, 7) is 3.74. The van der Waals surface area contributed by atoms with Crippen LogP contribution in [-0.2, 0) is 9.84 Å². The highest BCUT2D eigenvalue weighted by molar-refractivity contribution is 7.91. The summed E-state index contributed by atoms with van der Waals surface area (Å²) in [6, 6.07) is 6.99. The smallest absolute Gasteiger partial charge is 0.180 e. The highest BCUT2D eigenvalue weighted by Crippen LogP contribution is 2.25. The molecule has 0 aromatic heterocycles. The second-order valence-corrected chi connectivity index (χ2v) is 6.18. The molecule has 5 nitrogen and oxygen atoms in total. The van der Waals surface area contributed by atoms with Crippen LogP contribution in [0.15, 0.2) is 29.2 Å². The van der Waals surface area contributed by atoms with Crippen LogP contribution in [0.2, 0.25) is 0 Å². The third-order valence-electron chi connectivity index (χ3n) is 2.72. The van der Waals surface area contributed by atoms with Crippen molar-refractivity contribution in [2.45, 2.75) is 11.8 Å². The Bertz CT molecular complexity index is 468. The normalized spacial score (nSPS) is 11.5. The van der Waals surface area contributed by atoms with Crippen LogP contribution in [0.1, 0.15) is 6.92 Å². The van der Waals surface area contributed by atoms with Crippen molar-refractivity contribution >= 4 is 15.5 Å². The van der Waals surface area contributed by atoms with Crippen LogP contribution in [0.5, 0.6) is 0 Å². The lowest BCUT2D eigenvalue weighted by Crippen LogP contribution is -2.34. The number of rotatable bonds is 7. The third kappa shape index (κ3) is 3.44. The molecule has 0 bridgehead atoms. The van der Waals surface area contributed by atoms with Crippen molar-refractivity contribution in [1.29, 1.82) is 0 Å². The van der Waals surface area contributed by atoms with Crippen molar-refractivity contribution in [3.05, 3.63) is 24.3 Å². The van der Waals surface area contributed by atoms with E-state index in [-0.39, 0.29) is 5.75 Å². The molecule has 0 saturated carbocycles. The molecule has 1 aromatic rings. The Labute approximate surface area is 109 Å². The molecule has 1 aromatic carbocycles. The van der Waals surface area contributed by atoms with Crippen LogP contribution in [0.4, 0.5) is 5.69 Å². The molecule has 0 aliphatic heterocycles. The van der Waals surface area contributed by atoms with E-state index in [2.05, 4.69) is 0 Å². The fraction of sp³-hybridized carbons (Fsp3) is 0.500. The van der Waals surface area contributed by atoms with E-state index in [1.165, 1.54) is 0 Å². The number of hydrogen-bond acceptors (Lipinski definition) is 5. The minimum atomic E-state index is -3.23. The van der Waals surface area contributed by atoms with Gasteiger partial charge in [0.05, 0.1) is 16.3 Å². The van der Waals surface area contributed by atoms with Gasteiger partial charge in [0.25, 0.3) is 0 Å². The van der Waals surface area contributed by atoms with Gasteiger partial charge in [0, 0.05) is 26.2 Å². The zero-order valence-electron chi connectivity index (χ0n) is 10.7. The van der Waals surface area contributed by atoms with Gasteiger partial charge in [-0.1, -0.05) is 19.1 Å². The summed E-state index contributed by atoms with van der Waals surface area (Å²) in [7, 11) is -3.23. The first-order valence-corrected chi connectivity index (χ1v) is 7.69. The third-order valence-corrected chi connectivity index (χ3v) is 4.49. The average Bonchev–Trinajstić information content (AvgIpc) is 2.38. The first-order chi connectivity index (χ1) is 8.56. The van der Waals surface area contributed by atoms with Crippen molar-refractivity contribution < 1.29 is 8.42 Å². The molecule has 0 spiro atoms. The van der Waals surface area contributed by atoms with Gasteiger partial charge in [0.15, 0.2) is 9.84 Å². The van der Waals surface area contributed by atoms with E-state index < -0.39 is 9.84 Å². The largest absolute Gasteiger partial charge is 0.368 e. The first-order valence-electron chi connectivity index (χ1n) is 6.03. The molecule has 0 aliphatic carbocycles. The monoisotopic (exact) mass is 271 g/mol. The molecule has 6 heteroatoms. The van der Waals surface area contributed by atoms with Crippen LogP contribution < -0.4 is 16.4 Å². The average molecular weight is 271 g/mol. The summed E-state index contributed by atoms with van der Waals surface area (Å²) >= 11 is 0. The molecule has 18 heavy (non-hydrogen) atoms. The van der Waals surface area contributed by atoms with Crippen LogP contribution in [-0.4, -0.2) is 40.3 Å². The van der Waals surface area contributed by atoms with E-state index >= 15 is 0 Å². The Morgan fingerprint density at radius 3 is 2.17 bits per heavy atom. The van der Waals surface area contributed by atoms with Crippen molar-refractivity contribution in [3.63, 3.8) is 0 Å². The standard InChI is InChI=1S/C12H21N3O2S/c1-2-18(16,17)12-6-4-3-5-11(12)15(9-7-13)10-8-14/h3-6H,2,7-10,13-14H2,1H3. The molecular weight excluding hydrogens is 250 g/mol. The van der Waals surface area contributed by atoms with Crippen molar-refractivity contribution in [2.24, 2.45) is 11.5 Å². The zero-order valence-corrected chi connectivity index (χ0v) is 11.5. The van der Waals surface area contributed by atoms with Crippen LogP contribution >= 0.6 is 0 Å². The Morgan fingerprint density at radius 2 is 1.67 bits per heavy atom. The van der Waals surface area contributed by atoms with Crippen molar-refractivity contribution in [2.75, 3.05) is 36.8 Å². The number of nitrogens with zero attached hydrogens (tertiary/aromatic N) is 1. The topological polar surface area (TPSA) is 89.4 Å². The molecular formula is C12H21N3O2S. The first kappa shape index (κ1) is 14.9. The molecule has 1 rings (SSSR count). The van der Waals surface area contributed by atoms with Crippen LogP contribution in [0.3, 0.4) is 0 Å². The summed E-state index contributed by atoms with van der Waals surface area (Å²) in [6.07, 6.45) is 0. The molecule has 0 aliphatic rings. The number of benzene rings is 1. The number of para-hydroxylation sites is 1. The number of sulfone groups is 1. The fourth-order valence-corrected chi connectivity index (χ4v) is 2.91. The predicted molar refractivity (Wildman–Crippen MR) is 74.5 cm³/mol. The number of hydrogen-bond donors (Lipinski definition) is 2. The van der Waals surface area contributed by atoms with Gasteiger partial charge in [-0.2, -0.15) is 0 Å². The van der Waals surface area contributed by atoms with Crippen LogP contribution in [0.25, 0.3) is 0 Å². The molecule has 0 atom stereocenters. The predicted octanol–water partition coefficient (Wildman–Crippen LogP) is 0.204. The highest BCUT2D eigenvalue weighted by atomic mass is 32.2. The van der Waals surface area contributed by atoms with E-state index in [0.29, 0.717) is 36.8 Å². The zero-order chi connectivity index (χ0) is 13.6. The summed E-state index contributed by atoms with van der Waals surface area (Å²) in [5.74, 6) is 0.0864. The van der Waals surface area contributed by atoms with Gasteiger partial charge in [-0.05, 0) is 12.1 Å². The Kier molecular flexibility index (Phi) is 5.58. The van der Waals surface area contributed by atoms with Crippen molar-refractivity contribution in [1.82, 2.24) is 0 Å². The second kappa shape index (κ2) is 6.72. The van der Waals surface area contributed by atoms with Gasteiger partial charge >= 0.3 is 0 Å². The molecule has 0 radical (unpaired) electrons. The lowest BCUT2D eigenvalue weighted by atomic mass is 10.3. The van der Waals surface area contributed by atoms with Gasteiger partial charge < -0.3 is 16.4 Å². The van der Waals surface area contributed by atoms with Crippen LogP contribution in [0, 0.1) is 0 Å². The summed E-state index contributed by atoms with van der Waals surface area (Å²) in [5.41, 5.74) is 11.8. The Balaban J connectivity index is 3.22. The summed E-state index contributed by atoms with van der Waals surface area (Å²) < 4.78 is 24.1. The molecule has 0 heterocycles. The number of anilines is 1. The molecule has 4 N–H and O–H groups in total.